The lowest BCUT2D eigenvalue weighted by molar-refractivity contribution is 0.0968. The minimum atomic E-state index is -0.161. The molecule has 0 bridgehead atoms. The van der Waals surface area contributed by atoms with E-state index in [9.17, 15) is 4.79 Å². The van der Waals surface area contributed by atoms with Crippen LogP contribution in [0.15, 0.2) is 60.7 Å². The van der Waals surface area contributed by atoms with Crippen molar-refractivity contribution in [1.82, 2.24) is 4.57 Å². The third-order valence-corrected chi connectivity index (χ3v) is 4.69. The zero-order valence-corrected chi connectivity index (χ0v) is 15.4. The predicted molar refractivity (Wildman–Crippen MR) is 105 cm³/mol. The first-order valence-corrected chi connectivity index (χ1v) is 8.52. The van der Waals surface area contributed by atoms with E-state index in [4.69, 9.17) is 14.2 Å². The maximum Gasteiger partial charge on any atom is 0.263 e. The summed E-state index contributed by atoms with van der Waals surface area (Å²) in [5.74, 6) is 1.19. The summed E-state index contributed by atoms with van der Waals surface area (Å²) in [6.07, 6.45) is 0. The molecule has 0 aliphatic heterocycles. The molecular formula is C22H19NO4. The second kappa shape index (κ2) is 6.68. The van der Waals surface area contributed by atoms with Crippen molar-refractivity contribution >= 4 is 27.7 Å². The van der Waals surface area contributed by atoms with Gasteiger partial charge in [0.1, 0.15) is 0 Å². The van der Waals surface area contributed by atoms with E-state index < -0.39 is 0 Å². The standard InChI is InChI=1S/C22H19NO4/c1-25-19-12-14(13-20(26-2)21(19)27-3)22(24)23-17-10-6-4-8-15(17)16-9-5-7-11-18(16)23/h4-13H,1-3H3. The molecule has 0 aliphatic carbocycles. The molecule has 3 aromatic carbocycles. The molecule has 1 heterocycles. The van der Waals surface area contributed by atoms with E-state index in [1.165, 1.54) is 21.3 Å². The molecule has 0 fully saturated rings. The molecule has 5 nitrogen and oxygen atoms in total. The number of hydrogen-bond donors (Lipinski definition) is 0. The van der Waals surface area contributed by atoms with Crippen molar-refractivity contribution in [2.75, 3.05) is 21.3 Å². The first-order chi connectivity index (χ1) is 13.2. The van der Waals surface area contributed by atoms with Crippen LogP contribution in [-0.4, -0.2) is 31.8 Å². The Morgan fingerprint density at radius 1 is 0.741 bits per heavy atom. The summed E-state index contributed by atoms with van der Waals surface area (Å²) in [7, 11) is 4.60. The molecule has 0 aliphatic rings. The summed E-state index contributed by atoms with van der Waals surface area (Å²) in [6, 6.07) is 19.1. The highest BCUT2D eigenvalue weighted by Crippen LogP contribution is 2.39. The van der Waals surface area contributed by atoms with Gasteiger partial charge in [0, 0.05) is 16.3 Å². The molecule has 0 unspecified atom stereocenters. The van der Waals surface area contributed by atoms with E-state index in [0.29, 0.717) is 22.8 Å². The van der Waals surface area contributed by atoms with Crippen LogP contribution in [0.25, 0.3) is 21.8 Å². The topological polar surface area (TPSA) is 49.7 Å². The zero-order chi connectivity index (χ0) is 19.0. The van der Waals surface area contributed by atoms with Crippen LogP contribution in [0.4, 0.5) is 0 Å². The number of fused-ring (bicyclic) bond motifs is 3. The van der Waals surface area contributed by atoms with Crippen molar-refractivity contribution in [2.24, 2.45) is 0 Å². The fourth-order valence-corrected chi connectivity index (χ4v) is 3.47. The summed E-state index contributed by atoms with van der Waals surface area (Å²) in [5.41, 5.74) is 2.17. The molecule has 0 atom stereocenters. The summed E-state index contributed by atoms with van der Waals surface area (Å²) in [4.78, 5) is 13.5. The largest absolute Gasteiger partial charge is 0.493 e. The molecule has 27 heavy (non-hydrogen) atoms. The van der Waals surface area contributed by atoms with Crippen LogP contribution in [0.2, 0.25) is 0 Å². The van der Waals surface area contributed by atoms with Gasteiger partial charge in [-0.2, -0.15) is 0 Å². The van der Waals surface area contributed by atoms with Gasteiger partial charge in [0.2, 0.25) is 5.75 Å². The van der Waals surface area contributed by atoms with E-state index >= 15 is 0 Å². The molecule has 5 heteroatoms. The van der Waals surface area contributed by atoms with Crippen molar-refractivity contribution in [3.63, 3.8) is 0 Å². The average molecular weight is 361 g/mol. The molecule has 0 amide bonds. The van der Waals surface area contributed by atoms with Gasteiger partial charge in [0.05, 0.1) is 32.4 Å². The molecule has 0 N–H and O–H groups in total. The first-order valence-electron chi connectivity index (χ1n) is 8.52. The molecule has 136 valence electrons. The SMILES string of the molecule is COc1cc(C(=O)n2c3ccccc3c3ccccc32)cc(OC)c1OC. The third kappa shape index (κ3) is 2.59. The van der Waals surface area contributed by atoms with Crippen molar-refractivity contribution in [2.45, 2.75) is 0 Å². The minimum Gasteiger partial charge on any atom is -0.493 e. The number of benzene rings is 3. The molecule has 4 rings (SSSR count). The Morgan fingerprint density at radius 2 is 1.22 bits per heavy atom. The number of carbonyl (C=O) groups is 1. The van der Waals surface area contributed by atoms with Gasteiger partial charge in [0.15, 0.2) is 11.5 Å². The summed E-state index contributed by atoms with van der Waals surface area (Å²) < 4.78 is 17.9. The van der Waals surface area contributed by atoms with Crippen LogP contribution in [0, 0.1) is 0 Å². The van der Waals surface area contributed by atoms with Gasteiger partial charge in [-0.15, -0.1) is 0 Å². The average Bonchev–Trinajstić information content (AvgIpc) is 3.06. The summed E-state index contributed by atoms with van der Waals surface area (Å²) in [6.45, 7) is 0. The minimum absolute atomic E-state index is 0.161. The Hall–Kier alpha value is -3.47. The Morgan fingerprint density at radius 3 is 1.67 bits per heavy atom. The van der Waals surface area contributed by atoms with Gasteiger partial charge >= 0.3 is 0 Å². The van der Waals surface area contributed by atoms with Crippen LogP contribution in [0.1, 0.15) is 10.4 Å². The van der Waals surface area contributed by atoms with E-state index in [1.807, 2.05) is 48.5 Å². The Balaban J connectivity index is 1.98. The summed E-state index contributed by atoms with van der Waals surface area (Å²) >= 11 is 0. The number of methoxy groups -OCH3 is 3. The lowest BCUT2D eigenvalue weighted by Crippen LogP contribution is -2.12. The molecule has 1 aromatic heterocycles. The third-order valence-electron chi connectivity index (χ3n) is 4.69. The van der Waals surface area contributed by atoms with Crippen LogP contribution >= 0.6 is 0 Å². The van der Waals surface area contributed by atoms with Crippen molar-refractivity contribution in [3.05, 3.63) is 66.2 Å². The van der Waals surface area contributed by atoms with Gasteiger partial charge in [-0.3, -0.25) is 9.36 Å². The first kappa shape index (κ1) is 17.0. The Labute approximate surface area is 156 Å². The van der Waals surface area contributed by atoms with Crippen molar-refractivity contribution < 1.29 is 19.0 Å². The number of hydrogen-bond acceptors (Lipinski definition) is 4. The van der Waals surface area contributed by atoms with Crippen molar-refractivity contribution in [3.8, 4) is 17.2 Å². The van der Waals surface area contributed by atoms with Gasteiger partial charge in [-0.05, 0) is 24.3 Å². The summed E-state index contributed by atoms with van der Waals surface area (Å²) in [5, 5.41) is 2.07. The fraction of sp³-hybridized carbons (Fsp3) is 0.136. The maximum absolute atomic E-state index is 13.5. The fourth-order valence-electron chi connectivity index (χ4n) is 3.47. The van der Waals surface area contributed by atoms with Gasteiger partial charge in [-0.25, -0.2) is 0 Å². The zero-order valence-electron chi connectivity index (χ0n) is 15.4. The quantitative estimate of drug-likeness (QED) is 0.537. The van der Waals surface area contributed by atoms with E-state index in [1.54, 1.807) is 16.7 Å². The Kier molecular flexibility index (Phi) is 4.20. The number of carbonyl (C=O) groups excluding carboxylic acids is 1. The highest BCUT2D eigenvalue weighted by molar-refractivity contribution is 6.16. The van der Waals surface area contributed by atoms with Gasteiger partial charge in [-0.1, -0.05) is 36.4 Å². The van der Waals surface area contributed by atoms with Crippen LogP contribution in [0.3, 0.4) is 0 Å². The molecule has 4 aromatic rings. The molecule has 0 radical (unpaired) electrons. The lowest BCUT2D eigenvalue weighted by atomic mass is 10.1. The second-order valence-corrected chi connectivity index (χ2v) is 6.09. The molecule has 0 saturated heterocycles. The molecular weight excluding hydrogens is 342 g/mol. The maximum atomic E-state index is 13.5. The van der Waals surface area contributed by atoms with Crippen LogP contribution in [0.5, 0.6) is 17.2 Å². The second-order valence-electron chi connectivity index (χ2n) is 6.09. The Bertz CT molecular complexity index is 1080. The smallest absolute Gasteiger partial charge is 0.263 e. The highest BCUT2D eigenvalue weighted by Gasteiger charge is 2.21. The number of ether oxygens (including phenoxy) is 3. The predicted octanol–water partition coefficient (Wildman–Crippen LogP) is 4.51. The monoisotopic (exact) mass is 361 g/mol. The van der Waals surface area contributed by atoms with E-state index in [2.05, 4.69) is 0 Å². The number of para-hydroxylation sites is 2. The number of aromatic nitrogens is 1. The number of nitrogens with zero attached hydrogens (tertiary/aromatic N) is 1. The number of rotatable bonds is 4. The molecule has 0 saturated carbocycles. The van der Waals surface area contributed by atoms with Crippen LogP contribution in [-0.2, 0) is 0 Å². The van der Waals surface area contributed by atoms with Crippen molar-refractivity contribution in [1.29, 1.82) is 0 Å². The lowest BCUT2D eigenvalue weighted by Gasteiger charge is -2.14. The highest BCUT2D eigenvalue weighted by atomic mass is 16.5. The van der Waals surface area contributed by atoms with Crippen LogP contribution < -0.4 is 14.2 Å². The van der Waals surface area contributed by atoms with E-state index in [0.717, 1.165) is 21.8 Å². The normalized spacial score (nSPS) is 10.9. The van der Waals surface area contributed by atoms with Gasteiger partial charge < -0.3 is 14.2 Å². The van der Waals surface area contributed by atoms with Gasteiger partial charge in [0.25, 0.3) is 5.91 Å². The van der Waals surface area contributed by atoms with E-state index in [-0.39, 0.29) is 5.91 Å². The molecule has 0 spiro atoms.